The lowest BCUT2D eigenvalue weighted by Crippen LogP contribution is -2.51. The van der Waals surface area contributed by atoms with Gasteiger partial charge in [-0.1, -0.05) is 38.5 Å². The van der Waals surface area contributed by atoms with Crippen LogP contribution in [-0.4, -0.2) is 35.0 Å². The van der Waals surface area contributed by atoms with Crippen molar-refractivity contribution in [3.63, 3.8) is 0 Å². The van der Waals surface area contributed by atoms with Crippen molar-refractivity contribution >= 4 is 11.9 Å². The van der Waals surface area contributed by atoms with Crippen LogP contribution in [0.2, 0.25) is 0 Å². The highest BCUT2D eigenvalue weighted by Gasteiger charge is 2.46. The van der Waals surface area contributed by atoms with E-state index in [1.165, 1.54) is 6.42 Å². The Bertz CT molecular complexity index is 655. The van der Waals surface area contributed by atoms with E-state index in [4.69, 9.17) is 0 Å². The fourth-order valence-corrected chi connectivity index (χ4v) is 4.78. The van der Waals surface area contributed by atoms with Gasteiger partial charge in [-0.15, -0.1) is 0 Å². The van der Waals surface area contributed by atoms with Crippen LogP contribution in [0.25, 0.3) is 0 Å². The molecule has 1 saturated carbocycles. The molecule has 0 atom stereocenters. The van der Waals surface area contributed by atoms with Crippen LogP contribution in [0.3, 0.4) is 0 Å². The number of rotatable bonds is 6. The first-order valence-electron chi connectivity index (χ1n) is 10.0. The molecule has 4 heteroatoms. The van der Waals surface area contributed by atoms with Gasteiger partial charge in [0.05, 0.1) is 5.56 Å². The summed E-state index contributed by atoms with van der Waals surface area (Å²) in [6.45, 7) is 6.05. The van der Waals surface area contributed by atoms with E-state index in [2.05, 4.69) is 18.7 Å². The van der Waals surface area contributed by atoms with Gasteiger partial charge < -0.3 is 10.0 Å². The van der Waals surface area contributed by atoms with E-state index >= 15 is 0 Å². The van der Waals surface area contributed by atoms with Crippen molar-refractivity contribution in [1.82, 2.24) is 4.90 Å². The second kappa shape index (κ2) is 7.81. The van der Waals surface area contributed by atoms with Crippen molar-refractivity contribution in [3.8, 4) is 0 Å². The lowest BCUT2D eigenvalue weighted by molar-refractivity contribution is -0.150. The minimum Gasteiger partial charge on any atom is -0.478 e. The van der Waals surface area contributed by atoms with Crippen LogP contribution in [0, 0.1) is 17.3 Å². The number of carbonyl (C=O) groups excluding carboxylic acids is 1. The van der Waals surface area contributed by atoms with Gasteiger partial charge in [-0.05, 0) is 62.0 Å². The molecule has 0 unspecified atom stereocenters. The molecule has 0 bridgehead atoms. The quantitative estimate of drug-likeness (QED) is 0.822. The van der Waals surface area contributed by atoms with Crippen LogP contribution in [0.5, 0.6) is 0 Å². The number of likely N-dealkylation sites (tertiary alicyclic amines) is 1. The standard InChI is InChI=1S/C22H31NO3/c1-16(2)15-22(10-5-11-22)21(26)23-12-8-17(9-13-23)14-18-6-3-4-7-19(18)20(24)25/h3-4,6-7,16-17H,5,8-15H2,1-2H3,(H,24,25). The molecule has 0 radical (unpaired) electrons. The Morgan fingerprint density at radius 2 is 1.85 bits per heavy atom. The Hall–Kier alpha value is -1.84. The van der Waals surface area contributed by atoms with E-state index in [0.717, 1.165) is 57.2 Å². The zero-order valence-corrected chi connectivity index (χ0v) is 16.0. The maximum absolute atomic E-state index is 13.1. The molecule has 1 aromatic carbocycles. The zero-order chi connectivity index (χ0) is 18.7. The smallest absolute Gasteiger partial charge is 0.335 e. The molecule has 0 spiro atoms. The van der Waals surface area contributed by atoms with Crippen molar-refractivity contribution in [2.45, 2.75) is 58.8 Å². The molecule has 0 aromatic heterocycles. The van der Waals surface area contributed by atoms with E-state index in [1.54, 1.807) is 12.1 Å². The summed E-state index contributed by atoms with van der Waals surface area (Å²) in [6, 6.07) is 7.29. The fourth-order valence-electron chi connectivity index (χ4n) is 4.78. The highest BCUT2D eigenvalue weighted by Crippen LogP contribution is 2.47. The minimum absolute atomic E-state index is 0.0864. The molecular weight excluding hydrogens is 326 g/mol. The van der Waals surface area contributed by atoms with Crippen molar-refractivity contribution in [3.05, 3.63) is 35.4 Å². The SMILES string of the molecule is CC(C)CC1(C(=O)N2CCC(Cc3ccccc3C(=O)O)CC2)CCC1. The zero-order valence-electron chi connectivity index (χ0n) is 16.0. The Morgan fingerprint density at radius 3 is 2.38 bits per heavy atom. The number of piperidine rings is 1. The molecule has 26 heavy (non-hydrogen) atoms. The van der Waals surface area contributed by atoms with Gasteiger partial charge in [-0.2, -0.15) is 0 Å². The van der Waals surface area contributed by atoms with Gasteiger partial charge in [0.15, 0.2) is 0 Å². The third kappa shape index (κ3) is 3.94. The van der Waals surface area contributed by atoms with Gasteiger partial charge in [-0.3, -0.25) is 4.79 Å². The predicted molar refractivity (Wildman–Crippen MR) is 102 cm³/mol. The van der Waals surface area contributed by atoms with Crippen molar-refractivity contribution < 1.29 is 14.7 Å². The van der Waals surface area contributed by atoms with E-state index in [1.807, 2.05) is 12.1 Å². The number of hydrogen-bond donors (Lipinski definition) is 1. The normalized spacial score (nSPS) is 20.0. The lowest BCUT2D eigenvalue weighted by atomic mass is 9.63. The molecule has 2 fully saturated rings. The molecule has 142 valence electrons. The number of carboxylic acid groups (broad SMARTS) is 1. The number of carbonyl (C=O) groups is 2. The molecule has 2 aliphatic rings. The largest absolute Gasteiger partial charge is 0.478 e. The Kier molecular flexibility index (Phi) is 5.69. The molecule has 1 aromatic rings. The third-order valence-electron chi connectivity index (χ3n) is 6.22. The van der Waals surface area contributed by atoms with E-state index in [-0.39, 0.29) is 5.41 Å². The van der Waals surface area contributed by atoms with Crippen LogP contribution >= 0.6 is 0 Å². The maximum Gasteiger partial charge on any atom is 0.335 e. The number of aromatic carboxylic acids is 1. The van der Waals surface area contributed by atoms with Crippen LogP contribution in [-0.2, 0) is 11.2 Å². The summed E-state index contributed by atoms with van der Waals surface area (Å²) in [5.74, 6) is 0.543. The average Bonchev–Trinajstić information content (AvgIpc) is 2.58. The maximum atomic E-state index is 13.1. The van der Waals surface area contributed by atoms with Crippen molar-refractivity contribution in [2.75, 3.05) is 13.1 Å². The fraction of sp³-hybridized carbons (Fsp3) is 0.636. The summed E-state index contributed by atoms with van der Waals surface area (Å²) in [5.41, 5.74) is 1.24. The number of amides is 1. The second-order valence-electron chi connectivity index (χ2n) is 8.63. The molecule has 1 aliphatic heterocycles. The molecule has 1 N–H and O–H groups in total. The molecule has 1 aliphatic carbocycles. The van der Waals surface area contributed by atoms with E-state index < -0.39 is 5.97 Å². The summed E-state index contributed by atoms with van der Waals surface area (Å²) in [7, 11) is 0. The van der Waals surface area contributed by atoms with Gasteiger partial charge in [-0.25, -0.2) is 4.79 Å². The Morgan fingerprint density at radius 1 is 1.19 bits per heavy atom. The van der Waals surface area contributed by atoms with Gasteiger partial charge in [0, 0.05) is 18.5 Å². The summed E-state index contributed by atoms with van der Waals surface area (Å²) in [6.07, 6.45) is 7.03. The minimum atomic E-state index is -0.853. The number of benzene rings is 1. The highest BCUT2D eigenvalue weighted by molar-refractivity contribution is 5.89. The van der Waals surface area contributed by atoms with Crippen molar-refractivity contribution in [1.29, 1.82) is 0 Å². The topological polar surface area (TPSA) is 57.6 Å². The summed E-state index contributed by atoms with van der Waals surface area (Å²) < 4.78 is 0. The lowest BCUT2D eigenvalue weighted by Gasteiger charge is -2.46. The van der Waals surface area contributed by atoms with Crippen LogP contribution in [0.15, 0.2) is 24.3 Å². The summed E-state index contributed by atoms with van der Waals surface area (Å²) >= 11 is 0. The van der Waals surface area contributed by atoms with Gasteiger partial charge >= 0.3 is 5.97 Å². The summed E-state index contributed by atoms with van der Waals surface area (Å²) in [5, 5.41) is 9.35. The van der Waals surface area contributed by atoms with Crippen molar-refractivity contribution in [2.24, 2.45) is 17.3 Å². The molecule has 3 rings (SSSR count). The summed E-state index contributed by atoms with van der Waals surface area (Å²) in [4.78, 5) is 26.6. The molecule has 1 heterocycles. The van der Waals surface area contributed by atoms with Gasteiger partial charge in [0.25, 0.3) is 0 Å². The van der Waals surface area contributed by atoms with Crippen LogP contribution in [0.4, 0.5) is 0 Å². The predicted octanol–water partition coefficient (Wildman–Crippen LogP) is 4.38. The second-order valence-corrected chi connectivity index (χ2v) is 8.63. The van der Waals surface area contributed by atoms with E-state index in [0.29, 0.717) is 23.3 Å². The van der Waals surface area contributed by atoms with Gasteiger partial charge in [0.1, 0.15) is 0 Å². The molecular formula is C22H31NO3. The van der Waals surface area contributed by atoms with E-state index in [9.17, 15) is 14.7 Å². The van der Waals surface area contributed by atoms with Gasteiger partial charge in [0.2, 0.25) is 5.91 Å². The average molecular weight is 357 g/mol. The Balaban J connectivity index is 1.58. The highest BCUT2D eigenvalue weighted by atomic mass is 16.4. The van der Waals surface area contributed by atoms with Crippen LogP contribution < -0.4 is 0 Å². The molecule has 1 saturated heterocycles. The monoisotopic (exact) mass is 357 g/mol. The first kappa shape index (κ1) is 18.9. The number of nitrogens with zero attached hydrogens (tertiary/aromatic N) is 1. The first-order valence-corrected chi connectivity index (χ1v) is 10.0. The number of hydrogen-bond acceptors (Lipinski definition) is 2. The molecule has 4 nitrogen and oxygen atoms in total. The third-order valence-corrected chi connectivity index (χ3v) is 6.22. The first-order chi connectivity index (χ1) is 12.4. The molecule has 1 amide bonds. The number of carboxylic acids is 1. The van der Waals surface area contributed by atoms with Crippen LogP contribution in [0.1, 0.15) is 68.3 Å². The Labute approximate surface area is 156 Å².